The molecule has 4 heterocycles. The zero-order chi connectivity index (χ0) is 18.9. The van der Waals surface area contributed by atoms with Crippen molar-refractivity contribution in [1.29, 1.82) is 0 Å². The molecule has 0 bridgehead atoms. The highest BCUT2D eigenvalue weighted by atomic mass is 16.2. The van der Waals surface area contributed by atoms with Gasteiger partial charge in [0, 0.05) is 56.5 Å². The number of nitrogens with zero attached hydrogens (tertiary/aromatic N) is 3. The second-order valence-electron chi connectivity index (χ2n) is 8.45. The third kappa shape index (κ3) is 3.99. The van der Waals surface area contributed by atoms with Crippen molar-refractivity contribution in [1.82, 2.24) is 25.6 Å². The molecule has 146 valence electrons. The average molecular weight is 371 g/mol. The first kappa shape index (κ1) is 18.4. The molecular weight excluding hydrogens is 342 g/mol. The highest BCUT2D eigenvalue weighted by Crippen LogP contribution is 2.39. The van der Waals surface area contributed by atoms with Crippen LogP contribution in [0.2, 0.25) is 0 Å². The quantitative estimate of drug-likeness (QED) is 0.831. The Hall–Kier alpha value is -1.99. The summed E-state index contributed by atoms with van der Waals surface area (Å²) in [4.78, 5) is 33.5. The first-order chi connectivity index (χ1) is 13.0. The molecule has 3 saturated heterocycles. The van der Waals surface area contributed by atoms with E-state index in [-0.39, 0.29) is 23.3 Å². The number of hydrazine groups is 1. The molecule has 3 unspecified atom stereocenters. The number of hydrogen-bond donors (Lipinski definition) is 2. The lowest BCUT2D eigenvalue weighted by Crippen LogP contribution is -2.57. The third-order valence-corrected chi connectivity index (χ3v) is 6.24. The molecule has 4 rings (SSSR count). The Morgan fingerprint density at radius 1 is 1.26 bits per heavy atom. The number of pyridine rings is 1. The molecule has 7 nitrogen and oxygen atoms in total. The summed E-state index contributed by atoms with van der Waals surface area (Å²) in [5.41, 5.74) is 7.42. The van der Waals surface area contributed by atoms with Gasteiger partial charge >= 0.3 is 0 Å². The summed E-state index contributed by atoms with van der Waals surface area (Å²) in [5, 5.41) is 0. The van der Waals surface area contributed by atoms with Gasteiger partial charge in [-0.3, -0.25) is 20.0 Å². The molecule has 27 heavy (non-hydrogen) atoms. The van der Waals surface area contributed by atoms with E-state index in [2.05, 4.69) is 22.8 Å². The molecule has 1 spiro atoms. The molecule has 1 aromatic rings. The number of piperidine rings is 2. The van der Waals surface area contributed by atoms with Gasteiger partial charge in [0.25, 0.3) is 0 Å². The van der Waals surface area contributed by atoms with Crippen LogP contribution < -0.4 is 10.9 Å². The summed E-state index contributed by atoms with van der Waals surface area (Å²) in [6, 6.07) is 4.12. The van der Waals surface area contributed by atoms with Gasteiger partial charge in [0.05, 0.1) is 0 Å². The van der Waals surface area contributed by atoms with Crippen molar-refractivity contribution < 1.29 is 9.59 Å². The van der Waals surface area contributed by atoms with E-state index in [1.807, 2.05) is 21.9 Å². The Labute approximate surface area is 160 Å². The van der Waals surface area contributed by atoms with Crippen molar-refractivity contribution >= 4 is 11.8 Å². The van der Waals surface area contributed by atoms with Crippen LogP contribution in [0.15, 0.2) is 24.5 Å². The topological polar surface area (TPSA) is 77.6 Å². The summed E-state index contributed by atoms with van der Waals surface area (Å²) < 4.78 is 0. The molecule has 3 aliphatic rings. The van der Waals surface area contributed by atoms with Gasteiger partial charge in [-0.25, -0.2) is 5.43 Å². The standard InChI is InChI=1S/C20H29N5O2/c1-15-11-17(23-22-15)19(27)24-10-2-6-20(13-24)7-3-18(26)25(14-20)12-16-4-8-21-9-5-16/h4-5,8-9,15,17,22-23H,2-3,6-7,10-14H2,1H3. The number of aromatic nitrogens is 1. The molecule has 0 aliphatic carbocycles. The van der Waals surface area contributed by atoms with Gasteiger partial charge in [-0.05, 0) is 50.3 Å². The average Bonchev–Trinajstić information content (AvgIpc) is 3.12. The van der Waals surface area contributed by atoms with Gasteiger partial charge in [0.2, 0.25) is 11.8 Å². The Kier molecular flexibility index (Phi) is 5.14. The number of hydrogen-bond acceptors (Lipinski definition) is 5. The van der Waals surface area contributed by atoms with Gasteiger partial charge < -0.3 is 9.80 Å². The lowest BCUT2D eigenvalue weighted by Gasteiger charge is -2.48. The second-order valence-corrected chi connectivity index (χ2v) is 8.45. The van der Waals surface area contributed by atoms with Crippen molar-refractivity contribution in [2.75, 3.05) is 19.6 Å². The summed E-state index contributed by atoms with van der Waals surface area (Å²) in [5.74, 6) is 0.417. The van der Waals surface area contributed by atoms with Crippen LogP contribution in [-0.4, -0.2) is 58.3 Å². The molecule has 2 amide bonds. The van der Waals surface area contributed by atoms with Gasteiger partial charge in [-0.15, -0.1) is 0 Å². The Bertz CT molecular complexity index is 697. The number of rotatable bonds is 3. The summed E-state index contributed by atoms with van der Waals surface area (Å²) in [7, 11) is 0. The molecule has 1 aromatic heterocycles. The minimum Gasteiger partial charge on any atom is -0.341 e. The maximum absolute atomic E-state index is 12.9. The van der Waals surface area contributed by atoms with E-state index in [0.717, 1.165) is 50.9 Å². The van der Waals surface area contributed by atoms with E-state index in [4.69, 9.17) is 0 Å². The number of likely N-dealkylation sites (tertiary alicyclic amines) is 2. The van der Waals surface area contributed by atoms with Crippen LogP contribution in [0.4, 0.5) is 0 Å². The molecule has 0 aromatic carbocycles. The molecule has 7 heteroatoms. The monoisotopic (exact) mass is 371 g/mol. The van der Waals surface area contributed by atoms with E-state index in [9.17, 15) is 9.59 Å². The predicted molar refractivity (Wildman–Crippen MR) is 101 cm³/mol. The Balaban J connectivity index is 1.43. The van der Waals surface area contributed by atoms with E-state index >= 15 is 0 Å². The van der Waals surface area contributed by atoms with Gasteiger partial charge in [0.1, 0.15) is 6.04 Å². The lowest BCUT2D eigenvalue weighted by atomic mass is 9.73. The smallest absolute Gasteiger partial charge is 0.241 e. The highest BCUT2D eigenvalue weighted by Gasteiger charge is 2.44. The largest absolute Gasteiger partial charge is 0.341 e. The zero-order valence-corrected chi connectivity index (χ0v) is 16.0. The SMILES string of the molecule is CC1CC(C(=O)N2CCCC3(CCC(=O)N(Cc4ccncc4)C3)C2)NN1. The molecule has 3 atom stereocenters. The van der Waals surface area contributed by atoms with E-state index in [0.29, 0.717) is 19.0 Å². The lowest BCUT2D eigenvalue weighted by molar-refractivity contribution is -0.144. The summed E-state index contributed by atoms with van der Waals surface area (Å²) >= 11 is 0. The van der Waals surface area contributed by atoms with Crippen LogP contribution in [0.25, 0.3) is 0 Å². The van der Waals surface area contributed by atoms with Gasteiger partial charge in [-0.1, -0.05) is 0 Å². The third-order valence-electron chi connectivity index (χ3n) is 6.24. The minimum absolute atomic E-state index is 0.0342. The van der Waals surface area contributed by atoms with Crippen molar-refractivity contribution in [2.45, 2.75) is 57.7 Å². The number of nitrogens with one attached hydrogen (secondary N) is 2. The molecule has 0 radical (unpaired) electrons. The fourth-order valence-electron chi connectivity index (χ4n) is 4.78. The van der Waals surface area contributed by atoms with Gasteiger partial charge in [0.15, 0.2) is 0 Å². The van der Waals surface area contributed by atoms with Gasteiger partial charge in [-0.2, -0.15) is 0 Å². The van der Waals surface area contributed by atoms with Crippen LogP contribution in [0.3, 0.4) is 0 Å². The normalized spacial score (nSPS) is 31.5. The second kappa shape index (κ2) is 7.56. The predicted octanol–water partition coefficient (Wildman–Crippen LogP) is 1.07. The van der Waals surface area contributed by atoms with Crippen LogP contribution in [0, 0.1) is 5.41 Å². The van der Waals surface area contributed by atoms with Crippen molar-refractivity contribution in [3.8, 4) is 0 Å². The maximum Gasteiger partial charge on any atom is 0.241 e. The van der Waals surface area contributed by atoms with E-state index in [1.165, 1.54) is 0 Å². The Morgan fingerprint density at radius 2 is 2.07 bits per heavy atom. The van der Waals surface area contributed by atoms with E-state index in [1.54, 1.807) is 12.4 Å². The zero-order valence-electron chi connectivity index (χ0n) is 16.0. The van der Waals surface area contributed by atoms with Crippen LogP contribution >= 0.6 is 0 Å². The van der Waals surface area contributed by atoms with Crippen LogP contribution in [-0.2, 0) is 16.1 Å². The molecule has 2 N–H and O–H groups in total. The van der Waals surface area contributed by atoms with Crippen LogP contribution in [0.1, 0.15) is 44.6 Å². The molecule has 3 fully saturated rings. The molecule has 0 saturated carbocycles. The van der Waals surface area contributed by atoms with E-state index < -0.39 is 0 Å². The summed E-state index contributed by atoms with van der Waals surface area (Å²) in [6.07, 6.45) is 7.92. The number of carbonyl (C=O) groups is 2. The minimum atomic E-state index is -0.131. The fourth-order valence-corrected chi connectivity index (χ4v) is 4.78. The van der Waals surface area contributed by atoms with Crippen molar-refractivity contribution in [3.63, 3.8) is 0 Å². The van der Waals surface area contributed by atoms with Crippen LogP contribution in [0.5, 0.6) is 0 Å². The van der Waals surface area contributed by atoms with Crippen molar-refractivity contribution in [2.24, 2.45) is 5.41 Å². The summed E-state index contributed by atoms with van der Waals surface area (Å²) in [6.45, 7) is 5.04. The Morgan fingerprint density at radius 3 is 2.81 bits per heavy atom. The molecular formula is C20H29N5O2. The number of carbonyl (C=O) groups excluding carboxylic acids is 2. The first-order valence-corrected chi connectivity index (χ1v) is 10.0. The molecule has 3 aliphatic heterocycles. The number of amides is 2. The maximum atomic E-state index is 12.9. The highest BCUT2D eigenvalue weighted by molar-refractivity contribution is 5.82. The fraction of sp³-hybridized carbons (Fsp3) is 0.650. The first-order valence-electron chi connectivity index (χ1n) is 10.0. The van der Waals surface area contributed by atoms with Crippen molar-refractivity contribution in [3.05, 3.63) is 30.1 Å².